The largest absolute Gasteiger partial charge is 0.496 e. The van der Waals surface area contributed by atoms with Crippen LogP contribution in [0.5, 0.6) is 11.5 Å². The van der Waals surface area contributed by atoms with E-state index in [0.29, 0.717) is 35.1 Å². The summed E-state index contributed by atoms with van der Waals surface area (Å²) < 4.78 is 23.4. The Labute approximate surface area is 162 Å². The Morgan fingerprint density at radius 3 is 2.25 bits per heavy atom. The zero-order valence-electron chi connectivity index (χ0n) is 15.5. The topological polar surface area (TPSA) is 72.5 Å². The zero-order valence-corrected chi connectivity index (χ0v) is 15.5. The average Bonchev–Trinajstić information content (AvgIpc) is 2.73. The third-order valence-electron chi connectivity index (χ3n) is 4.06. The van der Waals surface area contributed by atoms with Crippen molar-refractivity contribution in [3.05, 3.63) is 77.7 Å². The first-order valence-corrected chi connectivity index (χ1v) is 8.57. The number of amides is 1. The predicted octanol–water partition coefficient (Wildman–Crippen LogP) is 4.10. The second kappa shape index (κ2) is 8.85. The van der Waals surface area contributed by atoms with E-state index in [1.165, 1.54) is 26.4 Å². The van der Waals surface area contributed by atoms with Crippen LogP contribution in [-0.4, -0.2) is 25.1 Å². The molecule has 3 aromatic rings. The van der Waals surface area contributed by atoms with Gasteiger partial charge in [0, 0.05) is 6.54 Å². The molecule has 0 spiro atoms. The summed E-state index contributed by atoms with van der Waals surface area (Å²) in [4.78, 5) is 16.9. The van der Waals surface area contributed by atoms with Gasteiger partial charge < -0.3 is 20.1 Å². The molecule has 0 saturated carbocycles. The van der Waals surface area contributed by atoms with Gasteiger partial charge in [-0.05, 0) is 42.0 Å². The van der Waals surface area contributed by atoms with Crippen molar-refractivity contribution in [2.24, 2.45) is 0 Å². The molecule has 0 unspecified atom stereocenters. The van der Waals surface area contributed by atoms with E-state index in [1.807, 2.05) is 0 Å². The quantitative estimate of drug-likeness (QED) is 0.645. The highest BCUT2D eigenvalue weighted by Crippen LogP contribution is 2.29. The molecule has 0 fully saturated rings. The van der Waals surface area contributed by atoms with Crippen molar-refractivity contribution in [1.82, 2.24) is 4.98 Å². The normalized spacial score (nSPS) is 10.2. The smallest absolute Gasteiger partial charge is 0.263 e. The van der Waals surface area contributed by atoms with Crippen molar-refractivity contribution in [2.45, 2.75) is 6.54 Å². The summed E-state index contributed by atoms with van der Waals surface area (Å²) in [5.41, 5.74) is 1.78. The number of ether oxygens (including phenoxy) is 2. The molecule has 1 heterocycles. The fourth-order valence-corrected chi connectivity index (χ4v) is 2.64. The minimum Gasteiger partial charge on any atom is -0.496 e. The van der Waals surface area contributed by atoms with E-state index in [4.69, 9.17) is 9.47 Å². The summed E-state index contributed by atoms with van der Waals surface area (Å²) in [5.74, 6) is 0.846. The number of hydrogen-bond acceptors (Lipinski definition) is 5. The lowest BCUT2D eigenvalue weighted by molar-refractivity contribution is 0.102. The molecular formula is C21H20FN3O3. The maximum Gasteiger partial charge on any atom is 0.263 e. The number of benzene rings is 2. The van der Waals surface area contributed by atoms with Gasteiger partial charge in [0.05, 0.1) is 26.1 Å². The summed E-state index contributed by atoms with van der Waals surface area (Å²) in [6.45, 7) is 0.511. The molecule has 144 valence electrons. The number of nitrogens with zero attached hydrogens (tertiary/aromatic N) is 1. The molecule has 2 aromatic carbocycles. The highest BCUT2D eigenvalue weighted by molar-refractivity contribution is 6.08. The Morgan fingerprint density at radius 2 is 1.68 bits per heavy atom. The SMILES string of the molecule is COc1cccc(OC)c1C(=O)Nc1ccc(NCc2ccc(F)cc2)nc1. The van der Waals surface area contributed by atoms with Gasteiger partial charge in [-0.3, -0.25) is 4.79 Å². The first-order chi connectivity index (χ1) is 13.6. The van der Waals surface area contributed by atoms with E-state index in [9.17, 15) is 9.18 Å². The highest BCUT2D eigenvalue weighted by atomic mass is 19.1. The molecule has 0 aliphatic rings. The fraction of sp³-hybridized carbons (Fsp3) is 0.143. The van der Waals surface area contributed by atoms with E-state index >= 15 is 0 Å². The van der Waals surface area contributed by atoms with Crippen LogP contribution in [0.2, 0.25) is 0 Å². The molecule has 2 N–H and O–H groups in total. The number of rotatable bonds is 7. The van der Waals surface area contributed by atoms with Gasteiger partial charge in [0.15, 0.2) is 0 Å². The van der Waals surface area contributed by atoms with Crippen LogP contribution in [0.1, 0.15) is 15.9 Å². The van der Waals surface area contributed by atoms with Crippen LogP contribution in [0.4, 0.5) is 15.9 Å². The van der Waals surface area contributed by atoms with E-state index in [2.05, 4.69) is 15.6 Å². The number of hydrogen-bond donors (Lipinski definition) is 2. The maximum absolute atomic E-state index is 12.9. The van der Waals surface area contributed by atoms with Crippen LogP contribution >= 0.6 is 0 Å². The monoisotopic (exact) mass is 381 g/mol. The lowest BCUT2D eigenvalue weighted by Crippen LogP contribution is -2.15. The van der Waals surface area contributed by atoms with Crippen molar-refractivity contribution >= 4 is 17.4 Å². The minimum absolute atomic E-state index is 0.270. The van der Waals surface area contributed by atoms with Gasteiger partial charge >= 0.3 is 0 Å². The second-order valence-corrected chi connectivity index (χ2v) is 5.90. The number of anilines is 2. The molecule has 0 aliphatic heterocycles. The van der Waals surface area contributed by atoms with Gasteiger partial charge in [-0.2, -0.15) is 0 Å². The molecule has 0 saturated heterocycles. The summed E-state index contributed by atoms with van der Waals surface area (Å²) in [5, 5.41) is 5.93. The van der Waals surface area contributed by atoms with Crippen LogP contribution in [0.3, 0.4) is 0 Å². The Hall–Kier alpha value is -3.61. The van der Waals surface area contributed by atoms with Crippen LogP contribution < -0.4 is 20.1 Å². The lowest BCUT2D eigenvalue weighted by atomic mass is 10.1. The maximum atomic E-state index is 12.9. The lowest BCUT2D eigenvalue weighted by Gasteiger charge is -2.13. The number of aromatic nitrogens is 1. The van der Waals surface area contributed by atoms with Gasteiger partial charge in [0.2, 0.25) is 0 Å². The van der Waals surface area contributed by atoms with Crippen molar-refractivity contribution in [3.8, 4) is 11.5 Å². The van der Waals surface area contributed by atoms with E-state index < -0.39 is 0 Å². The molecule has 1 amide bonds. The number of halogens is 1. The Morgan fingerprint density at radius 1 is 1.00 bits per heavy atom. The third kappa shape index (κ3) is 4.56. The number of nitrogens with one attached hydrogen (secondary N) is 2. The van der Waals surface area contributed by atoms with Crippen molar-refractivity contribution < 1.29 is 18.7 Å². The van der Waals surface area contributed by atoms with Crippen LogP contribution in [-0.2, 0) is 6.54 Å². The standard InChI is InChI=1S/C21H20FN3O3/c1-27-17-4-3-5-18(28-2)20(17)21(26)25-16-10-11-19(24-13-16)23-12-14-6-8-15(22)9-7-14/h3-11,13H,12H2,1-2H3,(H,23,24)(H,25,26). The number of carbonyl (C=O) groups excluding carboxylic acids is 1. The second-order valence-electron chi connectivity index (χ2n) is 5.90. The van der Waals surface area contributed by atoms with Crippen LogP contribution in [0, 0.1) is 5.82 Å². The van der Waals surface area contributed by atoms with Crippen molar-refractivity contribution in [2.75, 3.05) is 24.9 Å². The zero-order chi connectivity index (χ0) is 19.9. The summed E-state index contributed by atoms with van der Waals surface area (Å²) in [6.07, 6.45) is 1.55. The van der Waals surface area contributed by atoms with Crippen molar-refractivity contribution in [3.63, 3.8) is 0 Å². The molecule has 6 nitrogen and oxygen atoms in total. The molecule has 3 rings (SSSR count). The molecular weight excluding hydrogens is 361 g/mol. The van der Waals surface area contributed by atoms with Gasteiger partial charge in [-0.25, -0.2) is 9.37 Å². The number of pyridine rings is 1. The highest BCUT2D eigenvalue weighted by Gasteiger charge is 2.18. The predicted molar refractivity (Wildman–Crippen MR) is 105 cm³/mol. The molecule has 1 aromatic heterocycles. The van der Waals surface area contributed by atoms with Gasteiger partial charge in [0.1, 0.15) is 28.7 Å². The van der Waals surface area contributed by atoms with E-state index in [-0.39, 0.29) is 11.7 Å². The number of carbonyl (C=O) groups is 1. The average molecular weight is 381 g/mol. The molecule has 0 aliphatic carbocycles. The van der Waals surface area contributed by atoms with Crippen LogP contribution in [0.25, 0.3) is 0 Å². The van der Waals surface area contributed by atoms with Gasteiger partial charge in [0.25, 0.3) is 5.91 Å². The van der Waals surface area contributed by atoms with Crippen molar-refractivity contribution in [1.29, 1.82) is 0 Å². The summed E-state index contributed by atoms with van der Waals surface area (Å²) in [6, 6.07) is 14.9. The number of methoxy groups -OCH3 is 2. The van der Waals surface area contributed by atoms with Gasteiger partial charge in [-0.15, -0.1) is 0 Å². The Bertz CT molecular complexity index is 922. The molecule has 7 heteroatoms. The first kappa shape index (κ1) is 19.2. The summed E-state index contributed by atoms with van der Waals surface area (Å²) in [7, 11) is 2.99. The molecule has 0 bridgehead atoms. The minimum atomic E-state index is -0.358. The van der Waals surface area contributed by atoms with Gasteiger partial charge in [-0.1, -0.05) is 18.2 Å². The third-order valence-corrected chi connectivity index (χ3v) is 4.06. The Kier molecular flexibility index (Phi) is 6.06. The fourth-order valence-electron chi connectivity index (χ4n) is 2.64. The van der Waals surface area contributed by atoms with E-state index in [1.54, 1.807) is 48.7 Å². The Balaban J connectivity index is 1.66. The molecule has 0 atom stereocenters. The molecule has 0 radical (unpaired) electrons. The van der Waals surface area contributed by atoms with Crippen LogP contribution in [0.15, 0.2) is 60.8 Å². The summed E-state index contributed by atoms with van der Waals surface area (Å²) >= 11 is 0. The first-order valence-electron chi connectivity index (χ1n) is 8.57. The molecule has 28 heavy (non-hydrogen) atoms. The van der Waals surface area contributed by atoms with E-state index in [0.717, 1.165) is 5.56 Å².